The summed E-state index contributed by atoms with van der Waals surface area (Å²) in [5.41, 5.74) is 0.950. The van der Waals surface area contributed by atoms with Gasteiger partial charge in [-0.3, -0.25) is 4.79 Å². The van der Waals surface area contributed by atoms with Gasteiger partial charge in [-0.15, -0.1) is 0 Å². The van der Waals surface area contributed by atoms with Crippen molar-refractivity contribution < 1.29 is 14.7 Å². The van der Waals surface area contributed by atoms with Gasteiger partial charge in [0.2, 0.25) is 5.91 Å². The van der Waals surface area contributed by atoms with E-state index in [-0.39, 0.29) is 18.1 Å². The molecule has 0 spiro atoms. The minimum atomic E-state index is -1.01. The van der Waals surface area contributed by atoms with Crippen LogP contribution in [0.3, 0.4) is 0 Å². The number of carboxylic acid groups (broad SMARTS) is 1. The van der Waals surface area contributed by atoms with Gasteiger partial charge in [0.05, 0.1) is 0 Å². The van der Waals surface area contributed by atoms with E-state index in [1.807, 2.05) is 36.1 Å². The van der Waals surface area contributed by atoms with Crippen LogP contribution in [0.2, 0.25) is 0 Å². The van der Waals surface area contributed by atoms with Crippen LogP contribution < -0.4 is 0 Å². The van der Waals surface area contributed by atoms with Crippen molar-refractivity contribution in [1.82, 2.24) is 9.47 Å². The molecule has 1 heterocycles. The molecule has 5 heteroatoms. The van der Waals surface area contributed by atoms with E-state index in [0.717, 1.165) is 23.7 Å². The highest BCUT2D eigenvalue weighted by Crippen LogP contribution is 2.27. The fraction of sp³-hybridized carbons (Fsp3) is 0.375. The molecule has 21 heavy (non-hydrogen) atoms. The number of benzene rings is 1. The number of hydrogen-bond donors (Lipinski definition) is 1. The summed E-state index contributed by atoms with van der Waals surface area (Å²) < 4.78 is 1.60. The van der Waals surface area contributed by atoms with Crippen molar-refractivity contribution in [2.24, 2.45) is 0 Å². The van der Waals surface area contributed by atoms with E-state index in [1.54, 1.807) is 10.6 Å². The van der Waals surface area contributed by atoms with E-state index in [1.165, 1.54) is 0 Å². The smallest absolute Gasteiger partial charge is 0.352 e. The van der Waals surface area contributed by atoms with Crippen molar-refractivity contribution in [3.05, 3.63) is 36.0 Å². The van der Waals surface area contributed by atoms with Crippen molar-refractivity contribution in [1.29, 1.82) is 0 Å². The lowest BCUT2D eigenvalue weighted by Gasteiger charge is -2.21. The molecule has 1 N–H and O–H groups in total. The van der Waals surface area contributed by atoms with Gasteiger partial charge in [-0.2, -0.15) is 0 Å². The summed E-state index contributed by atoms with van der Waals surface area (Å²) >= 11 is 0. The van der Waals surface area contributed by atoms with Crippen LogP contribution >= 0.6 is 0 Å². The summed E-state index contributed by atoms with van der Waals surface area (Å²) in [5, 5.41) is 10.2. The average Bonchev–Trinajstić information content (AvgIpc) is 3.22. The van der Waals surface area contributed by atoms with E-state index in [2.05, 4.69) is 0 Å². The molecule has 1 aromatic heterocycles. The second-order valence-corrected chi connectivity index (χ2v) is 5.39. The zero-order chi connectivity index (χ0) is 15.0. The number of hydrogen-bond acceptors (Lipinski definition) is 2. The summed E-state index contributed by atoms with van der Waals surface area (Å²) in [5.74, 6) is -1.02. The van der Waals surface area contributed by atoms with Crippen LogP contribution in [0.4, 0.5) is 0 Å². The number of para-hydroxylation sites is 1. The number of carbonyl (C=O) groups is 2. The SMILES string of the molecule is CCN(C(=O)Cn1c(C(=O)O)cc2ccccc21)C1CC1. The third-order valence-corrected chi connectivity index (χ3v) is 3.97. The first-order valence-electron chi connectivity index (χ1n) is 7.23. The van der Waals surface area contributed by atoms with E-state index >= 15 is 0 Å². The van der Waals surface area contributed by atoms with Crippen LogP contribution in [0.25, 0.3) is 10.9 Å². The Balaban J connectivity index is 1.96. The Kier molecular flexibility index (Phi) is 3.41. The lowest BCUT2D eigenvalue weighted by atomic mass is 10.2. The molecule has 0 atom stereocenters. The van der Waals surface area contributed by atoms with E-state index in [9.17, 15) is 14.7 Å². The van der Waals surface area contributed by atoms with Gasteiger partial charge in [-0.1, -0.05) is 18.2 Å². The van der Waals surface area contributed by atoms with Crippen LogP contribution in [0.1, 0.15) is 30.3 Å². The van der Waals surface area contributed by atoms with Gasteiger partial charge in [-0.25, -0.2) is 4.79 Å². The number of rotatable bonds is 5. The van der Waals surface area contributed by atoms with Crippen molar-refractivity contribution in [2.75, 3.05) is 6.54 Å². The summed E-state index contributed by atoms with van der Waals surface area (Å²) in [6.07, 6.45) is 2.11. The maximum absolute atomic E-state index is 12.5. The van der Waals surface area contributed by atoms with Gasteiger partial charge in [-0.05, 0) is 31.9 Å². The predicted octanol–water partition coefficient (Wildman–Crippen LogP) is 2.35. The molecule has 1 amide bonds. The van der Waals surface area contributed by atoms with E-state index in [0.29, 0.717) is 12.6 Å². The number of aromatic nitrogens is 1. The molecule has 1 aromatic carbocycles. The minimum Gasteiger partial charge on any atom is -0.477 e. The molecule has 0 aliphatic heterocycles. The first kappa shape index (κ1) is 13.7. The number of likely N-dealkylation sites (N-methyl/N-ethyl adjacent to an activating group) is 1. The number of amides is 1. The Labute approximate surface area is 122 Å². The van der Waals surface area contributed by atoms with Crippen molar-refractivity contribution >= 4 is 22.8 Å². The van der Waals surface area contributed by atoms with Crippen LogP contribution in [-0.2, 0) is 11.3 Å². The highest BCUT2D eigenvalue weighted by Gasteiger charge is 2.31. The molecule has 5 nitrogen and oxygen atoms in total. The Bertz CT molecular complexity index is 701. The fourth-order valence-corrected chi connectivity index (χ4v) is 2.81. The Morgan fingerprint density at radius 1 is 1.33 bits per heavy atom. The van der Waals surface area contributed by atoms with Crippen LogP contribution in [-0.4, -0.2) is 39.0 Å². The number of aromatic carboxylic acids is 1. The van der Waals surface area contributed by atoms with Crippen molar-refractivity contribution in [3.63, 3.8) is 0 Å². The first-order valence-corrected chi connectivity index (χ1v) is 7.23. The predicted molar refractivity (Wildman–Crippen MR) is 79.3 cm³/mol. The number of fused-ring (bicyclic) bond motifs is 1. The summed E-state index contributed by atoms with van der Waals surface area (Å²) in [7, 11) is 0. The van der Waals surface area contributed by atoms with Gasteiger partial charge < -0.3 is 14.6 Å². The standard InChI is InChI=1S/C16H18N2O3/c1-2-17(12-7-8-12)15(19)10-18-13-6-4-3-5-11(13)9-14(18)16(20)21/h3-6,9,12H,2,7-8,10H2,1H3,(H,20,21). The van der Waals surface area contributed by atoms with Gasteiger partial charge in [0.25, 0.3) is 0 Å². The molecule has 0 bridgehead atoms. The van der Waals surface area contributed by atoms with Crippen LogP contribution in [0.15, 0.2) is 30.3 Å². The Hall–Kier alpha value is -2.30. The van der Waals surface area contributed by atoms with Crippen LogP contribution in [0.5, 0.6) is 0 Å². The number of carbonyl (C=O) groups excluding carboxylic acids is 1. The normalized spacial score (nSPS) is 14.3. The van der Waals surface area contributed by atoms with E-state index < -0.39 is 5.97 Å². The lowest BCUT2D eigenvalue weighted by molar-refractivity contribution is -0.132. The Morgan fingerprint density at radius 2 is 2.05 bits per heavy atom. The number of carboxylic acids is 1. The van der Waals surface area contributed by atoms with Crippen molar-refractivity contribution in [3.8, 4) is 0 Å². The highest BCUT2D eigenvalue weighted by atomic mass is 16.4. The second-order valence-electron chi connectivity index (χ2n) is 5.39. The maximum Gasteiger partial charge on any atom is 0.352 e. The van der Waals surface area contributed by atoms with Gasteiger partial charge in [0, 0.05) is 23.5 Å². The molecule has 2 aromatic rings. The topological polar surface area (TPSA) is 62.5 Å². The molecule has 1 aliphatic carbocycles. The zero-order valence-electron chi connectivity index (χ0n) is 12.0. The molecular formula is C16H18N2O3. The molecule has 110 valence electrons. The third kappa shape index (κ3) is 2.51. The van der Waals surface area contributed by atoms with Crippen molar-refractivity contribution in [2.45, 2.75) is 32.4 Å². The van der Waals surface area contributed by atoms with Gasteiger partial charge in [0.15, 0.2) is 0 Å². The summed E-state index contributed by atoms with van der Waals surface area (Å²) in [6, 6.07) is 9.40. The average molecular weight is 286 g/mol. The summed E-state index contributed by atoms with van der Waals surface area (Å²) in [4.78, 5) is 25.7. The molecule has 0 unspecified atom stereocenters. The third-order valence-electron chi connectivity index (χ3n) is 3.97. The molecule has 0 saturated heterocycles. The molecule has 3 rings (SSSR count). The largest absolute Gasteiger partial charge is 0.477 e. The number of nitrogens with zero attached hydrogens (tertiary/aromatic N) is 2. The highest BCUT2D eigenvalue weighted by molar-refractivity contribution is 5.95. The molecule has 1 aliphatic rings. The van der Waals surface area contributed by atoms with Gasteiger partial charge in [0.1, 0.15) is 12.2 Å². The van der Waals surface area contributed by atoms with Crippen LogP contribution in [0, 0.1) is 0 Å². The van der Waals surface area contributed by atoms with Gasteiger partial charge >= 0.3 is 5.97 Å². The Morgan fingerprint density at radius 3 is 2.67 bits per heavy atom. The maximum atomic E-state index is 12.5. The first-order chi connectivity index (χ1) is 10.1. The molecular weight excluding hydrogens is 268 g/mol. The summed E-state index contributed by atoms with van der Waals surface area (Å²) in [6.45, 7) is 2.71. The monoisotopic (exact) mass is 286 g/mol. The fourth-order valence-electron chi connectivity index (χ4n) is 2.81. The second kappa shape index (κ2) is 5.24. The molecule has 1 fully saturated rings. The minimum absolute atomic E-state index is 0.0103. The molecule has 1 saturated carbocycles. The molecule has 0 radical (unpaired) electrons. The quantitative estimate of drug-likeness (QED) is 0.917. The van der Waals surface area contributed by atoms with E-state index in [4.69, 9.17) is 0 Å². The lowest BCUT2D eigenvalue weighted by Crippen LogP contribution is -2.36. The zero-order valence-corrected chi connectivity index (χ0v) is 12.0.